The molecule has 1 aliphatic rings. The van der Waals surface area contributed by atoms with Gasteiger partial charge in [-0.25, -0.2) is 9.59 Å². The number of anilines is 1. The number of aromatic nitrogens is 1. The molecule has 1 atom stereocenters. The highest BCUT2D eigenvalue weighted by Crippen LogP contribution is 2.24. The zero-order valence-electron chi connectivity index (χ0n) is 22.1. The Bertz CT molecular complexity index is 1140. The predicted molar refractivity (Wildman–Crippen MR) is 138 cm³/mol. The number of hydrogen-bond donors (Lipinski definition) is 2. The van der Waals surface area contributed by atoms with Crippen LogP contribution in [-0.2, 0) is 11.3 Å². The van der Waals surface area contributed by atoms with Crippen LogP contribution in [0.25, 0.3) is 10.9 Å². The van der Waals surface area contributed by atoms with Crippen molar-refractivity contribution >= 4 is 29.3 Å². The fourth-order valence-electron chi connectivity index (χ4n) is 4.24. The highest BCUT2D eigenvalue weighted by molar-refractivity contribution is 5.83. The molecule has 36 heavy (non-hydrogen) atoms. The summed E-state index contributed by atoms with van der Waals surface area (Å²) in [7, 11) is 3.94. The molecule has 0 saturated carbocycles. The second-order valence-electron chi connectivity index (χ2n) is 10.4. The lowest BCUT2D eigenvalue weighted by molar-refractivity contribution is -0.111. The molecule has 1 aromatic carbocycles. The summed E-state index contributed by atoms with van der Waals surface area (Å²) in [6.45, 7) is 12.9. The fourth-order valence-corrected chi connectivity index (χ4v) is 4.24. The highest BCUT2D eigenvalue weighted by atomic mass is 16.4. The molecule has 2 N–H and O–H groups in total. The van der Waals surface area contributed by atoms with Crippen molar-refractivity contribution < 1.29 is 19.1 Å². The molecule has 0 unspecified atom stereocenters. The largest absolute Gasteiger partial charge is 0.465 e. The van der Waals surface area contributed by atoms with Crippen LogP contribution in [0.5, 0.6) is 0 Å². The number of nitrogens with one attached hydrogen (secondary N) is 1. The SMILES string of the molecule is Cc1c(CN(C(=O)O)C(C)(C)C)ccc2nc(N[C@H](C=O)N(C)CCN3CCN(C)CC3)oc(=O)c12. The lowest BCUT2D eigenvalue weighted by Gasteiger charge is -2.34. The van der Waals surface area contributed by atoms with Gasteiger partial charge in [0.25, 0.3) is 6.01 Å². The average molecular weight is 503 g/mol. The maximum Gasteiger partial charge on any atom is 0.408 e. The lowest BCUT2D eigenvalue weighted by Crippen LogP contribution is -2.48. The van der Waals surface area contributed by atoms with E-state index < -0.39 is 23.4 Å². The van der Waals surface area contributed by atoms with Crippen molar-refractivity contribution in [3.05, 3.63) is 33.7 Å². The number of benzene rings is 1. The number of rotatable bonds is 9. The third-order valence-electron chi connectivity index (χ3n) is 6.78. The summed E-state index contributed by atoms with van der Waals surface area (Å²) >= 11 is 0. The Labute approximate surface area is 211 Å². The molecule has 0 spiro atoms. The number of fused-ring (bicyclic) bond motifs is 1. The van der Waals surface area contributed by atoms with Gasteiger partial charge in [0.05, 0.1) is 10.9 Å². The third-order valence-corrected chi connectivity index (χ3v) is 6.78. The van der Waals surface area contributed by atoms with Gasteiger partial charge >= 0.3 is 11.7 Å². The average Bonchev–Trinajstić information content (AvgIpc) is 2.80. The van der Waals surface area contributed by atoms with E-state index in [2.05, 4.69) is 27.1 Å². The number of aryl methyl sites for hydroxylation is 1. The molecule has 198 valence electrons. The summed E-state index contributed by atoms with van der Waals surface area (Å²) in [5.74, 6) is 0. The first-order valence-electron chi connectivity index (χ1n) is 12.2. The Morgan fingerprint density at radius 2 is 1.94 bits per heavy atom. The van der Waals surface area contributed by atoms with Crippen molar-refractivity contribution in [1.82, 2.24) is 24.6 Å². The minimum absolute atomic E-state index is 0.0370. The van der Waals surface area contributed by atoms with Crippen molar-refractivity contribution in [2.24, 2.45) is 0 Å². The van der Waals surface area contributed by atoms with Gasteiger partial charge in [0.15, 0.2) is 6.29 Å². The number of piperazine rings is 1. The minimum Gasteiger partial charge on any atom is -0.465 e. The normalized spacial score (nSPS) is 16.3. The zero-order chi connectivity index (χ0) is 26.6. The van der Waals surface area contributed by atoms with E-state index in [1.54, 1.807) is 19.1 Å². The topological polar surface area (TPSA) is 122 Å². The summed E-state index contributed by atoms with van der Waals surface area (Å²) in [6.07, 6.45) is -0.984. The van der Waals surface area contributed by atoms with Gasteiger partial charge < -0.3 is 19.7 Å². The quantitative estimate of drug-likeness (QED) is 0.388. The summed E-state index contributed by atoms with van der Waals surface area (Å²) in [5.41, 5.74) is 0.530. The standard InChI is InChI=1S/C25H38N6O5/c1-17-18(15-31(24(34)35)25(2,3)4)7-8-19-21(17)22(33)36-23(26-19)27-20(16-32)29(6)11-14-30-12-9-28(5)10-13-30/h7-8,16,20H,9-15H2,1-6H3,(H,26,27)(H,34,35)/t20-/m0/s1. The van der Waals surface area contributed by atoms with Gasteiger partial charge in [-0.15, -0.1) is 0 Å². The van der Waals surface area contributed by atoms with Crippen LogP contribution in [0.3, 0.4) is 0 Å². The van der Waals surface area contributed by atoms with E-state index in [-0.39, 0.29) is 12.6 Å². The Balaban J connectivity index is 1.75. The molecule has 0 aliphatic carbocycles. The van der Waals surface area contributed by atoms with Gasteiger partial charge in [-0.2, -0.15) is 4.98 Å². The number of aldehydes is 1. The van der Waals surface area contributed by atoms with Crippen LogP contribution in [0.1, 0.15) is 31.9 Å². The molecule has 11 heteroatoms. The number of likely N-dealkylation sites (N-methyl/N-ethyl adjacent to an activating group) is 2. The van der Waals surface area contributed by atoms with Gasteiger partial charge in [-0.1, -0.05) is 6.07 Å². The molecule has 2 heterocycles. The molecule has 1 fully saturated rings. The first kappa shape index (κ1) is 27.6. The lowest BCUT2D eigenvalue weighted by atomic mass is 10.0. The predicted octanol–water partition coefficient (Wildman–Crippen LogP) is 1.89. The van der Waals surface area contributed by atoms with Crippen LogP contribution >= 0.6 is 0 Å². The van der Waals surface area contributed by atoms with Gasteiger partial charge in [0, 0.05) is 51.4 Å². The van der Waals surface area contributed by atoms with E-state index in [4.69, 9.17) is 4.42 Å². The molecule has 0 radical (unpaired) electrons. The molecule has 2 aromatic rings. The third kappa shape index (κ3) is 6.59. The number of nitrogens with zero attached hydrogens (tertiary/aromatic N) is 5. The Morgan fingerprint density at radius 3 is 2.53 bits per heavy atom. The molecule has 1 amide bonds. The summed E-state index contributed by atoms with van der Waals surface area (Å²) < 4.78 is 5.43. The number of carboxylic acid groups (broad SMARTS) is 1. The van der Waals surface area contributed by atoms with Gasteiger partial charge in [-0.3, -0.25) is 19.5 Å². The molecule has 0 bridgehead atoms. The van der Waals surface area contributed by atoms with E-state index in [9.17, 15) is 19.5 Å². The summed E-state index contributed by atoms with van der Waals surface area (Å²) in [4.78, 5) is 48.7. The van der Waals surface area contributed by atoms with E-state index >= 15 is 0 Å². The maximum absolute atomic E-state index is 12.9. The smallest absolute Gasteiger partial charge is 0.408 e. The van der Waals surface area contributed by atoms with Crippen LogP contribution in [0.2, 0.25) is 0 Å². The number of carbonyl (C=O) groups excluding carboxylic acids is 1. The van der Waals surface area contributed by atoms with E-state index in [1.807, 2.05) is 32.7 Å². The van der Waals surface area contributed by atoms with Gasteiger partial charge in [-0.05, 0) is 59.0 Å². The van der Waals surface area contributed by atoms with E-state index in [0.717, 1.165) is 39.0 Å². The second-order valence-corrected chi connectivity index (χ2v) is 10.4. The van der Waals surface area contributed by atoms with Crippen molar-refractivity contribution in [3.63, 3.8) is 0 Å². The minimum atomic E-state index is -1.04. The van der Waals surface area contributed by atoms with Crippen LogP contribution in [0, 0.1) is 6.92 Å². The van der Waals surface area contributed by atoms with Crippen LogP contribution in [0.4, 0.5) is 10.8 Å². The summed E-state index contributed by atoms with van der Waals surface area (Å²) in [5, 5.41) is 12.8. The Morgan fingerprint density at radius 1 is 1.28 bits per heavy atom. The van der Waals surface area contributed by atoms with Crippen molar-refractivity contribution in [2.75, 3.05) is 58.7 Å². The number of hydrogen-bond acceptors (Lipinski definition) is 9. The van der Waals surface area contributed by atoms with Crippen molar-refractivity contribution in [3.8, 4) is 0 Å². The monoisotopic (exact) mass is 502 g/mol. The van der Waals surface area contributed by atoms with Crippen LogP contribution in [0.15, 0.2) is 21.3 Å². The molecular formula is C25H38N6O5. The second kappa shape index (κ2) is 11.4. The molecular weight excluding hydrogens is 464 g/mol. The number of amides is 1. The Kier molecular flexibility index (Phi) is 8.70. The van der Waals surface area contributed by atoms with Crippen molar-refractivity contribution in [2.45, 2.75) is 45.9 Å². The van der Waals surface area contributed by atoms with Crippen molar-refractivity contribution in [1.29, 1.82) is 0 Å². The fraction of sp³-hybridized carbons (Fsp3) is 0.600. The molecule has 1 aromatic heterocycles. The first-order valence-corrected chi connectivity index (χ1v) is 12.2. The maximum atomic E-state index is 12.9. The number of carbonyl (C=O) groups is 2. The van der Waals surface area contributed by atoms with Crippen LogP contribution in [-0.4, -0.2) is 107 Å². The molecule has 1 aliphatic heterocycles. The van der Waals surface area contributed by atoms with E-state index in [0.29, 0.717) is 28.6 Å². The Hall–Kier alpha value is -3.02. The van der Waals surface area contributed by atoms with Gasteiger partial charge in [0.2, 0.25) is 0 Å². The summed E-state index contributed by atoms with van der Waals surface area (Å²) in [6, 6.07) is 3.41. The zero-order valence-corrected chi connectivity index (χ0v) is 22.1. The first-order chi connectivity index (χ1) is 16.9. The highest BCUT2D eigenvalue weighted by Gasteiger charge is 2.27. The van der Waals surface area contributed by atoms with Gasteiger partial charge in [0.1, 0.15) is 6.17 Å². The van der Waals surface area contributed by atoms with Crippen LogP contribution < -0.4 is 10.9 Å². The van der Waals surface area contributed by atoms with E-state index in [1.165, 1.54) is 4.90 Å². The molecule has 3 rings (SSSR count). The molecule has 11 nitrogen and oxygen atoms in total. The molecule has 1 saturated heterocycles.